The largest absolute Gasteiger partial charge is 0.497 e. The van der Waals surface area contributed by atoms with Crippen molar-refractivity contribution in [3.63, 3.8) is 0 Å². The Morgan fingerprint density at radius 2 is 1.55 bits per heavy atom. The highest BCUT2D eigenvalue weighted by atomic mass is 32.9. The molecule has 100 valence electrons. The summed E-state index contributed by atoms with van der Waals surface area (Å²) in [5, 5.41) is 0. The second-order valence-corrected chi connectivity index (χ2v) is 6.37. The quantitative estimate of drug-likeness (QED) is 0.665. The molecular weight excluding hydrogens is 288 g/mol. The summed E-state index contributed by atoms with van der Waals surface area (Å²) >= 11 is 0. The number of benzene rings is 2. The molecule has 1 heterocycles. The highest BCUT2D eigenvalue weighted by Gasteiger charge is 2.14. The monoisotopic (exact) mass is 300 g/mol. The predicted octanol–water partition coefficient (Wildman–Crippen LogP) is 4.51. The maximum absolute atomic E-state index is 12.1. The average molecular weight is 300 g/mol. The highest BCUT2D eigenvalue weighted by Crippen LogP contribution is 2.36. The van der Waals surface area contributed by atoms with Gasteiger partial charge in [-0.05, 0) is 45.7 Å². The van der Waals surface area contributed by atoms with E-state index in [2.05, 4.69) is 0 Å². The van der Waals surface area contributed by atoms with Gasteiger partial charge in [-0.2, -0.15) is 0 Å². The van der Waals surface area contributed by atoms with E-state index in [1.807, 2.05) is 54.6 Å². The zero-order valence-electron chi connectivity index (χ0n) is 10.8. The molecule has 0 N–H and O–H groups in total. The third kappa shape index (κ3) is 2.40. The lowest BCUT2D eigenvalue weighted by molar-refractivity contribution is 0.415. The Labute approximate surface area is 124 Å². The van der Waals surface area contributed by atoms with E-state index in [9.17, 15) is 4.79 Å². The third-order valence-corrected chi connectivity index (χ3v) is 5.30. The third-order valence-electron chi connectivity index (χ3n) is 3.05. The van der Waals surface area contributed by atoms with Crippen LogP contribution in [0.15, 0.2) is 59.4 Å². The fraction of sp³-hybridized carbons (Fsp3) is 0.0625. The maximum atomic E-state index is 12.1. The van der Waals surface area contributed by atoms with E-state index in [1.54, 1.807) is 7.11 Å². The maximum Gasteiger partial charge on any atom is 0.251 e. The van der Waals surface area contributed by atoms with Gasteiger partial charge >= 0.3 is 0 Å². The van der Waals surface area contributed by atoms with Crippen LogP contribution in [-0.4, -0.2) is 7.11 Å². The predicted molar refractivity (Wildman–Crippen MR) is 85.9 cm³/mol. The molecule has 1 aromatic heterocycles. The lowest BCUT2D eigenvalue weighted by atomic mass is 10.0. The molecule has 2 nitrogen and oxygen atoms in total. The summed E-state index contributed by atoms with van der Waals surface area (Å²) in [5.74, 6) is 0.817. The minimum Gasteiger partial charge on any atom is -0.497 e. The van der Waals surface area contributed by atoms with Crippen molar-refractivity contribution in [3.8, 4) is 27.3 Å². The van der Waals surface area contributed by atoms with Crippen LogP contribution in [-0.2, 0) is 0 Å². The molecule has 0 bridgehead atoms. The van der Waals surface area contributed by atoms with Gasteiger partial charge in [-0.25, -0.2) is 0 Å². The smallest absolute Gasteiger partial charge is 0.251 e. The van der Waals surface area contributed by atoms with Gasteiger partial charge in [-0.1, -0.05) is 40.7 Å². The molecule has 0 radical (unpaired) electrons. The summed E-state index contributed by atoms with van der Waals surface area (Å²) in [6.45, 7) is 0. The highest BCUT2D eigenvalue weighted by molar-refractivity contribution is 7.70. The first-order valence-electron chi connectivity index (χ1n) is 6.12. The van der Waals surface area contributed by atoms with Crippen LogP contribution >= 0.6 is 20.7 Å². The Hall–Kier alpha value is -1.91. The summed E-state index contributed by atoms with van der Waals surface area (Å²) in [4.78, 5) is 13.2. The summed E-state index contributed by atoms with van der Waals surface area (Å²) in [7, 11) is 4.46. The molecular formula is C16H12O2S2. The standard InChI is InChI=1S/C16H12O2S2/c1-18-13-9-7-12(8-10-13)15-14(16(17)20-19-15)11-5-3-2-4-6-11/h2-10H,1H3. The molecule has 0 fully saturated rings. The van der Waals surface area contributed by atoms with Gasteiger partial charge in [0, 0.05) is 0 Å². The van der Waals surface area contributed by atoms with Gasteiger partial charge in [0.05, 0.1) is 17.6 Å². The van der Waals surface area contributed by atoms with E-state index in [1.165, 1.54) is 20.7 Å². The Kier molecular flexibility index (Phi) is 3.67. The minimum absolute atomic E-state index is 0.118. The number of rotatable bonds is 3. The van der Waals surface area contributed by atoms with Crippen molar-refractivity contribution in [2.45, 2.75) is 0 Å². The van der Waals surface area contributed by atoms with Gasteiger partial charge in [0.15, 0.2) is 0 Å². The topological polar surface area (TPSA) is 26.3 Å². The van der Waals surface area contributed by atoms with Crippen LogP contribution < -0.4 is 9.48 Å². The van der Waals surface area contributed by atoms with Crippen molar-refractivity contribution < 1.29 is 4.74 Å². The number of methoxy groups -OCH3 is 1. The van der Waals surface area contributed by atoms with Gasteiger partial charge in [0.1, 0.15) is 5.75 Å². The lowest BCUT2D eigenvalue weighted by Crippen LogP contribution is -1.95. The first kappa shape index (κ1) is 13.1. The van der Waals surface area contributed by atoms with Gasteiger partial charge in [-0.3, -0.25) is 4.79 Å². The SMILES string of the molecule is COc1ccc(-c2ssc(=O)c2-c2ccccc2)cc1. The lowest BCUT2D eigenvalue weighted by Gasteiger charge is -2.04. The van der Waals surface area contributed by atoms with Crippen molar-refractivity contribution in [2.75, 3.05) is 7.11 Å². The van der Waals surface area contributed by atoms with E-state index in [-0.39, 0.29) is 4.74 Å². The van der Waals surface area contributed by atoms with Gasteiger partial charge in [-0.15, -0.1) is 0 Å². The Bertz CT molecular complexity index is 755. The summed E-state index contributed by atoms with van der Waals surface area (Å²) in [5.41, 5.74) is 2.82. The normalized spacial score (nSPS) is 10.4. The van der Waals surface area contributed by atoms with Crippen LogP contribution in [0.5, 0.6) is 5.75 Å². The van der Waals surface area contributed by atoms with Crippen molar-refractivity contribution in [1.82, 2.24) is 0 Å². The summed E-state index contributed by atoms with van der Waals surface area (Å²) in [6.07, 6.45) is 0. The molecule has 0 spiro atoms. The first-order chi connectivity index (χ1) is 9.79. The second kappa shape index (κ2) is 5.61. The molecule has 0 aliphatic rings. The molecule has 3 rings (SSSR count). The molecule has 0 amide bonds. The van der Waals surface area contributed by atoms with Gasteiger partial charge in [0.25, 0.3) is 4.74 Å². The molecule has 0 aliphatic carbocycles. The zero-order chi connectivity index (χ0) is 13.9. The number of hydrogen-bond donors (Lipinski definition) is 0. The fourth-order valence-electron chi connectivity index (χ4n) is 2.04. The van der Waals surface area contributed by atoms with E-state index >= 15 is 0 Å². The van der Waals surface area contributed by atoms with Crippen LogP contribution in [0.4, 0.5) is 0 Å². The Morgan fingerprint density at radius 3 is 2.20 bits per heavy atom. The van der Waals surface area contributed by atoms with E-state index in [4.69, 9.17) is 4.74 Å². The zero-order valence-corrected chi connectivity index (χ0v) is 12.5. The average Bonchev–Trinajstić information content (AvgIpc) is 2.90. The molecule has 0 aliphatic heterocycles. The van der Waals surface area contributed by atoms with Crippen molar-refractivity contribution in [1.29, 1.82) is 0 Å². The van der Waals surface area contributed by atoms with Crippen LogP contribution in [0.3, 0.4) is 0 Å². The molecule has 4 heteroatoms. The number of hydrogen-bond acceptors (Lipinski definition) is 4. The molecule has 2 aromatic carbocycles. The van der Waals surface area contributed by atoms with Crippen molar-refractivity contribution in [2.24, 2.45) is 0 Å². The molecule has 3 aromatic rings. The molecule has 20 heavy (non-hydrogen) atoms. The summed E-state index contributed by atoms with van der Waals surface area (Å²) in [6, 6.07) is 17.6. The van der Waals surface area contributed by atoms with Crippen LogP contribution in [0.1, 0.15) is 0 Å². The van der Waals surface area contributed by atoms with Crippen LogP contribution in [0.25, 0.3) is 21.6 Å². The van der Waals surface area contributed by atoms with E-state index in [0.717, 1.165) is 27.3 Å². The molecule has 0 saturated carbocycles. The summed E-state index contributed by atoms with van der Waals surface area (Å²) < 4.78 is 5.29. The van der Waals surface area contributed by atoms with Gasteiger partial charge in [0.2, 0.25) is 0 Å². The molecule has 0 atom stereocenters. The Balaban J connectivity index is 2.13. The minimum atomic E-state index is 0.118. The molecule has 0 unspecified atom stereocenters. The van der Waals surface area contributed by atoms with Crippen LogP contribution in [0.2, 0.25) is 0 Å². The first-order valence-corrected chi connectivity index (χ1v) is 8.27. The van der Waals surface area contributed by atoms with E-state index in [0.29, 0.717) is 0 Å². The van der Waals surface area contributed by atoms with E-state index < -0.39 is 0 Å². The number of ether oxygens (including phenoxy) is 1. The van der Waals surface area contributed by atoms with Crippen molar-refractivity contribution >= 4 is 20.7 Å². The fourth-order valence-corrected chi connectivity index (χ4v) is 4.36. The molecule has 0 saturated heterocycles. The van der Waals surface area contributed by atoms with Crippen LogP contribution in [0, 0.1) is 0 Å². The van der Waals surface area contributed by atoms with Gasteiger partial charge < -0.3 is 4.74 Å². The second-order valence-electron chi connectivity index (χ2n) is 4.25. The Morgan fingerprint density at radius 1 is 0.850 bits per heavy atom. The van der Waals surface area contributed by atoms with Crippen molar-refractivity contribution in [3.05, 3.63) is 64.1 Å².